The monoisotopic (exact) mass is 541 g/mol. The Labute approximate surface area is 234 Å². The summed E-state index contributed by atoms with van der Waals surface area (Å²) in [7, 11) is 1.62. The number of methoxy groups -OCH3 is 1. The van der Waals surface area contributed by atoms with Crippen LogP contribution in [0.5, 0.6) is 11.6 Å². The zero-order valence-electron chi connectivity index (χ0n) is 23.6. The molecule has 0 aliphatic carbocycles. The van der Waals surface area contributed by atoms with E-state index in [0.29, 0.717) is 34.8 Å². The van der Waals surface area contributed by atoms with Crippen LogP contribution in [-0.2, 0) is 6.54 Å². The lowest BCUT2D eigenvalue weighted by Gasteiger charge is -2.45. The van der Waals surface area contributed by atoms with Crippen molar-refractivity contribution in [2.45, 2.75) is 51.9 Å². The number of nitriles is 1. The van der Waals surface area contributed by atoms with Gasteiger partial charge in [-0.2, -0.15) is 10.4 Å². The maximum atomic E-state index is 10.1. The molecule has 4 aromatic rings. The molecule has 0 amide bonds. The minimum Gasteiger partial charge on any atom is -0.489 e. The first-order chi connectivity index (χ1) is 19.1. The van der Waals surface area contributed by atoms with Crippen molar-refractivity contribution in [3.63, 3.8) is 0 Å². The van der Waals surface area contributed by atoms with E-state index in [2.05, 4.69) is 45.9 Å². The van der Waals surface area contributed by atoms with Crippen molar-refractivity contribution in [1.82, 2.24) is 24.5 Å². The number of anilines is 1. The average molecular weight is 542 g/mol. The van der Waals surface area contributed by atoms with E-state index in [4.69, 9.17) is 14.5 Å². The van der Waals surface area contributed by atoms with Gasteiger partial charge < -0.3 is 19.5 Å². The van der Waals surface area contributed by atoms with Gasteiger partial charge in [-0.25, -0.2) is 14.5 Å². The Hall–Kier alpha value is -4.20. The first kappa shape index (κ1) is 27.4. The van der Waals surface area contributed by atoms with Crippen LogP contribution in [0, 0.1) is 11.3 Å². The van der Waals surface area contributed by atoms with E-state index < -0.39 is 5.60 Å². The molecule has 10 heteroatoms. The van der Waals surface area contributed by atoms with Gasteiger partial charge in [-0.1, -0.05) is 6.07 Å². The lowest BCUT2D eigenvalue weighted by Crippen LogP contribution is -2.56. The van der Waals surface area contributed by atoms with Crippen LogP contribution in [0.4, 0.5) is 5.82 Å². The molecule has 10 nitrogen and oxygen atoms in total. The highest BCUT2D eigenvalue weighted by Crippen LogP contribution is 2.32. The van der Waals surface area contributed by atoms with Crippen molar-refractivity contribution in [3.05, 3.63) is 66.2 Å². The molecule has 0 saturated carbocycles. The minimum atomic E-state index is -0.982. The Morgan fingerprint density at radius 3 is 2.45 bits per heavy atom. The number of rotatable bonds is 8. The van der Waals surface area contributed by atoms with Gasteiger partial charge >= 0.3 is 0 Å². The van der Waals surface area contributed by atoms with Crippen LogP contribution in [0.1, 0.15) is 38.8 Å². The van der Waals surface area contributed by atoms with Gasteiger partial charge in [-0.05, 0) is 51.5 Å². The molecule has 4 aromatic heterocycles. The number of aromatic nitrogens is 4. The number of hydrogen-bond acceptors (Lipinski definition) is 9. The van der Waals surface area contributed by atoms with Crippen LogP contribution in [0.25, 0.3) is 16.6 Å². The summed E-state index contributed by atoms with van der Waals surface area (Å²) in [4.78, 5) is 14.0. The van der Waals surface area contributed by atoms with E-state index in [0.717, 1.165) is 42.1 Å². The van der Waals surface area contributed by atoms with Crippen LogP contribution >= 0.6 is 0 Å². The highest BCUT2D eigenvalue weighted by Gasteiger charge is 2.30. The Kier molecular flexibility index (Phi) is 7.61. The molecule has 0 radical (unpaired) electrons. The molecule has 5 rings (SSSR count). The van der Waals surface area contributed by atoms with Gasteiger partial charge in [-0.3, -0.25) is 4.90 Å². The Bertz CT molecular complexity index is 1490. The summed E-state index contributed by atoms with van der Waals surface area (Å²) in [6.07, 6.45) is 6.98. The molecule has 208 valence electrons. The second kappa shape index (κ2) is 11.1. The molecular weight excluding hydrogens is 506 g/mol. The molecular formula is C30H35N7O3. The fourth-order valence-corrected chi connectivity index (χ4v) is 5.16. The van der Waals surface area contributed by atoms with E-state index in [9.17, 15) is 10.4 Å². The molecule has 1 aliphatic rings. The Balaban J connectivity index is 1.35. The molecule has 2 unspecified atom stereocenters. The van der Waals surface area contributed by atoms with Crippen molar-refractivity contribution >= 4 is 11.3 Å². The molecule has 1 saturated heterocycles. The highest BCUT2D eigenvalue weighted by molar-refractivity contribution is 5.85. The summed E-state index contributed by atoms with van der Waals surface area (Å²) in [5.74, 6) is 2.08. The van der Waals surface area contributed by atoms with Gasteiger partial charge in [0.05, 0.1) is 36.2 Å². The predicted molar refractivity (Wildman–Crippen MR) is 152 cm³/mol. The zero-order chi connectivity index (χ0) is 28.4. The fraction of sp³-hybridized carbons (Fsp3) is 0.400. The number of nitrogens with zero attached hydrogens (tertiary/aromatic N) is 7. The van der Waals surface area contributed by atoms with Crippen LogP contribution in [0.15, 0.2) is 55.1 Å². The quantitative estimate of drug-likeness (QED) is 0.355. The summed E-state index contributed by atoms with van der Waals surface area (Å²) in [6.45, 7) is 10.5. The third kappa shape index (κ3) is 5.86. The molecule has 1 aliphatic heterocycles. The van der Waals surface area contributed by atoms with Crippen LogP contribution in [0.3, 0.4) is 0 Å². The van der Waals surface area contributed by atoms with E-state index in [1.165, 1.54) is 0 Å². The third-order valence-corrected chi connectivity index (χ3v) is 7.16. The summed E-state index contributed by atoms with van der Waals surface area (Å²) < 4.78 is 12.7. The summed E-state index contributed by atoms with van der Waals surface area (Å²) in [6, 6.07) is 12.8. The summed E-state index contributed by atoms with van der Waals surface area (Å²) in [5.41, 5.74) is 2.99. The lowest BCUT2D eigenvalue weighted by atomic mass is 10.0. The molecule has 2 atom stereocenters. The van der Waals surface area contributed by atoms with Crippen LogP contribution in [-0.4, -0.2) is 74.1 Å². The standard InChI is InChI=1S/C30H35N7O3/c1-20-15-35(16-21(2)36(20)17-22-6-9-28(39-5)33-12-22)27-8-7-23(13-32-27)26-10-25(40-19-30(3,4)38)18-37-29(26)24(11-31)14-34-37/h6-10,12-14,18,20-21,38H,15-17,19H2,1-5H3. The minimum absolute atomic E-state index is 0.124. The maximum Gasteiger partial charge on any atom is 0.212 e. The maximum absolute atomic E-state index is 10.1. The van der Waals surface area contributed by atoms with Gasteiger partial charge in [-0.15, -0.1) is 0 Å². The molecule has 5 heterocycles. The molecule has 0 aromatic carbocycles. The van der Waals surface area contributed by atoms with Crippen molar-refractivity contribution in [1.29, 1.82) is 5.26 Å². The molecule has 1 fully saturated rings. The number of hydrogen-bond donors (Lipinski definition) is 1. The number of fused-ring (bicyclic) bond motifs is 1. The van der Waals surface area contributed by atoms with Gasteiger partial charge in [0.15, 0.2) is 0 Å². The van der Waals surface area contributed by atoms with Crippen molar-refractivity contribution < 1.29 is 14.6 Å². The van der Waals surface area contributed by atoms with Crippen molar-refractivity contribution in [2.24, 2.45) is 0 Å². The summed E-state index contributed by atoms with van der Waals surface area (Å²) >= 11 is 0. The van der Waals surface area contributed by atoms with Gasteiger partial charge in [0.1, 0.15) is 24.2 Å². The van der Waals surface area contributed by atoms with E-state index in [1.807, 2.05) is 36.7 Å². The van der Waals surface area contributed by atoms with E-state index in [-0.39, 0.29) is 6.61 Å². The van der Waals surface area contributed by atoms with Gasteiger partial charge in [0.25, 0.3) is 0 Å². The van der Waals surface area contributed by atoms with Crippen molar-refractivity contribution in [3.8, 4) is 28.8 Å². The number of aliphatic hydroxyl groups is 1. The zero-order valence-corrected chi connectivity index (χ0v) is 23.6. The average Bonchev–Trinajstić information content (AvgIpc) is 3.36. The summed E-state index contributed by atoms with van der Waals surface area (Å²) in [5, 5.41) is 24.1. The third-order valence-electron chi connectivity index (χ3n) is 7.16. The van der Waals surface area contributed by atoms with Crippen molar-refractivity contribution in [2.75, 3.05) is 31.7 Å². The van der Waals surface area contributed by atoms with Gasteiger partial charge in [0.2, 0.25) is 5.88 Å². The molecule has 40 heavy (non-hydrogen) atoms. The largest absolute Gasteiger partial charge is 0.489 e. The Morgan fingerprint density at radius 2 is 1.85 bits per heavy atom. The number of ether oxygens (including phenoxy) is 2. The second-order valence-electron chi connectivity index (χ2n) is 11.0. The smallest absolute Gasteiger partial charge is 0.212 e. The first-order valence-corrected chi connectivity index (χ1v) is 13.4. The van der Waals surface area contributed by atoms with Crippen LogP contribution in [0.2, 0.25) is 0 Å². The number of pyridine rings is 3. The van der Waals surface area contributed by atoms with Crippen LogP contribution < -0.4 is 14.4 Å². The fourth-order valence-electron chi connectivity index (χ4n) is 5.16. The van der Waals surface area contributed by atoms with Gasteiger partial charge in [0, 0.05) is 61.3 Å². The lowest BCUT2D eigenvalue weighted by molar-refractivity contribution is 0.0283. The second-order valence-corrected chi connectivity index (χ2v) is 11.0. The first-order valence-electron chi connectivity index (χ1n) is 13.4. The number of piperazine rings is 1. The van der Waals surface area contributed by atoms with E-state index in [1.54, 1.807) is 37.9 Å². The molecule has 1 N–H and O–H groups in total. The highest BCUT2D eigenvalue weighted by atomic mass is 16.5. The van der Waals surface area contributed by atoms with E-state index >= 15 is 0 Å². The topological polar surface area (TPSA) is 112 Å². The molecule has 0 spiro atoms. The normalized spacial score (nSPS) is 18.1. The molecule has 0 bridgehead atoms. The predicted octanol–water partition coefficient (Wildman–Crippen LogP) is 3.92. The Morgan fingerprint density at radius 1 is 1.07 bits per heavy atom. The SMILES string of the molecule is COc1ccc(CN2C(C)CN(c3ccc(-c4cc(OCC(C)(C)O)cn5ncc(C#N)c45)cn3)CC2C)cn1.